The number of likely N-dealkylation sites (tertiary alicyclic amines) is 1. The van der Waals surface area contributed by atoms with Gasteiger partial charge in [0, 0.05) is 18.2 Å². The minimum atomic E-state index is 0.0262. The second-order valence-electron chi connectivity index (χ2n) is 5.49. The van der Waals surface area contributed by atoms with Crippen LogP contribution in [0.3, 0.4) is 0 Å². The average molecular weight is 289 g/mol. The van der Waals surface area contributed by atoms with E-state index < -0.39 is 0 Å². The van der Waals surface area contributed by atoms with Crippen molar-refractivity contribution in [1.29, 1.82) is 0 Å². The first-order chi connectivity index (χ1) is 9.61. The highest BCUT2D eigenvalue weighted by molar-refractivity contribution is 7.18. The Morgan fingerprint density at radius 1 is 1.50 bits per heavy atom. The average Bonchev–Trinajstić information content (AvgIpc) is 2.77. The fraction of sp³-hybridized carbons (Fsp3) is 0.467. The molecule has 20 heavy (non-hydrogen) atoms. The number of thiazole rings is 1. The Hall–Kier alpha value is -1.46. The first-order valence-corrected chi connectivity index (χ1v) is 7.80. The summed E-state index contributed by atoms with van der Waals surface area (Å²) in [6.45, 7) is 4.05. The minimum Gasteiger partial charge on any atom is -0.348 e. The van der Waals surface area contributed by atoms with Crippen molar-refractivity contribution in [3.8, 4) is 0 Å². The highest BCUT2D eigenvalue weighted by Crippen LogP contribution is 2.22. The molecule has 1 amide bonds. The van der Waals surface area contributed by atoms with Crippen LogP contribution in [0.5, 0.6) is 0 Å². The van der Waals surface area contributed by atoms with Gasteiger partial charge in [0.2, 0.25) is 0 Å². The number of likely N-dealkylation sites (N-methyl/N-ethyl adjacent to an activating group) is 1. The molecule has 0 radical (unpaired) electrons. The molecule has 1 fully saturated rings. The number of nitrogens with zero attached hydrogens (tertiary/aromatic N) is 2. The lowest BCUT2D eigenvalue weighted by Gasteiger charge is -2.30. The molecule has 2 aromatic rings. The topological polar surface area (TPSA) is 45.2 Å². The quantitative estimate of drug-likeness (QED) is 0.923. The summed E-state index contributed by atoms with van der Waals surface area (Å²) in [5.74, 6) is 0.0262. The Labute approximate surface area is 122 Å². The Balaban J connectivity index is 1.74. The van der Waals surface area contributed by atoms with Crippen molar-refractivity contribution >= 4 is 27.5 Å². The van der Waals surface area contributed by atoms with E-state index in [9.17, 15) is 4.79 Å². The zero-order chi connectivity index (χ0) is 14.1. The lowest BCUT2D eigenvalue weighted by atomic mass is 10.1. The zero-order valence-electron chi connectivity index (χ0n) is 11.8. The third-order valence-electron chi connectivity index (χ3n) is 3.72. The highest BCUT2D eigenvalue weighted by Gasteiger charge is 2.19. The maximum atomic E-state index is 12.3. The monoisotopic (exact) mass is 289 g/mol. The normalized spacial score (nSPS) is 20.2. The Morgan fingerprint density at radius 3 is 3.15 bits per heavy atom. The zero-order valence-corrected chi connectivity index (χ0v) is 12.7. The molecule has 1 aliphatic heterocycles. The molecular formula is C15H19N3OS. The third kappa shape index (κ3) is 2.83. The second kappa shape index (κ2) is 5.50. The third-order valence-corrected chi connectivity index (χ3v) is 4.65. The molecule has 1 N–H and O–H groups in total. The lowest BCUT2D eigenvalue weighted by Crippen LogP contribution is -2.46. The number of hydrogen-bond donors (Lipinski definition) is 1. The van der Waals surface area contributed by atoms with Crippen LogP contribution in [0.15, 0.2) is 18.2 Å². The maximum absolute atomic E-state index is 12.3. The highest BCUT2D eigenvalue weighted by atomic mass is 32.1. The van der Waals surface area contributed by atoms with Gasteiger partial charge < -0.3 is 10.2 Å². The van der Waals surface area contributed by atoms with Crippen molar-refractivity contribution in [2.45, 2.75) is 25.8 Å². The second-order valence-corrected chi connectivity index (χ2v) is 6.73. The molecule has 5 heteroatoms. The number of hydrogen-bond acceptors (Lipinski definition) is 4. The minimum absolute atomic E-state index is 0.0262. The van der Waals surface area contributed by atoms with Crippen LogP contribution in [0.25, 0.3) is 10.2 Å². The largest absolute Gasteiger partial charge is 0.348 e. The standard InChI is InChI=1S/C15H19N3OS/c1-10-16-13-6-5-11(8-14(13)20-10)15(19)17-12-4-3-7-18(2)9-12/h5-6,8,12H,3-4,7,9H2,1-2H3,(H,17,19)/t12-/m1/s1. The molecule has 1 aliphatic rings. The number of carbonyl (C=O) groups is 1. The van der Waals surface area contributed by atoms with Gasteiger partial charge in [0.25, 0.3) is 5.91 Å². The number of aromatic nitrogens is 1. The van der Waals surface area contributed by atoms with E-state index in [0.717, 1.165) is 46.7 Å². The number of fused-ring (bicyclic) bond motifs is 1. The van der Waals surface area contributed by atoms with E-state index in [1.165, 1.54) is 0 Å². The number of rotatable bonds is 2. The molecule has 0 aliphatic carbocycles. The van der Waals surface area contributed by atoms with Crippen molar-refractivity contribution in [2.75, 3.05) is 20.1 Å². The molecule has 0 unspecified atom stereocenters. The SMILES string of the molecule is Cc1nc2ccc(C(=O)N[C@@H]3CCCN(C)C3)cc2s1. The summed E-state index contributed by atoms with van der Waals surface area (Å²) in [6, 6.07) is 6.01. The Bertz CT molecular complexity index is 637. The van der Waals surface area contributed by atoms with Gasteiger partial charge in [-0.15, -0.1) is 11.3 Å². The molecule has 0 spiro atoms. The van der Waals surface area contributed by atoms with E-state index >= 15 is 0 Å². The summed E-state index contributed by atoms with van der Waals surface area (Å²) in [4.78, 5) is 19.0. The molecular weight excluding hydrogens is 270 g/mol. The molecule has 0 bridgehead atoms. The first-order valence-electron chi connectivity index (χ1n) is 6.98. The number of benzene rings is 1. The van der Waals surface area contributed by atoms with Crippen LogP contribution in [0.4, 0.5) is 0 Å². The van der Waals surface area contributed by atoms with Crippen LogP contribution in [0.1, 0.15) is 28.2 Å². The van der Waals surface area contributed by atoms with Crippen LogP contribution in [-0.2, 0) is 0 Å². The molecule has 1 aromatic heterocycles. The molecule has 1 saturated heterocycles. The van der Waals surface area contributed by atoms with Gasteiger partial charge in [-0.25, -0.2) is 4.98 Å². The van der Waals surface area contributed by atoms with Crippen molar-refractivity contribution < 1.29 is 4.79 Å². The number of piperidine rings is 1. The first kappa shape index (κ1) is 13.5. The smallest absolute Gasteiger partial charge is 0.251 e. The van der Waals surface area contributed by atoms with E-state index in [0.29, 0.717) is 0 Å². The van der Waals surface area contributed by atoms with Gasteiger partial charge >= 0.3 is 0 Å². The molecule has 0 saturated carbocycles. The number of carbonyl (C=O) groups excluding carboxylic acids is 1. The molecule has 1 atom stereocenters. The predicted octanol–water partition coefficient (Wildman–Crippen LogP) is 2.43. The van der Waals surface area contributed by atoms with Gasteiger partial charge in [-0.05, 0) is 51.6 Å². The van der Waals surface area contributed by atoms with Crippen molar-refractivity contribution in [3.63, 3.8) is 0 Å². The summed E-state index contributed by atoms with van der Waals surface area (Å²) < 4.78 is 1.08. The molecule has 106 valence electrons. The van der Waals surface area contributed by atoms with Gasteiger partial charge in [0.05, 0.1) is 15.2 Å². The van der Waals surface area contributed by atoms with E-state index in [1.54, 1.807) is 11.3 Å². The van der Waals surface area contributed by atoms with Gasteiger partial charge in [-0.1, -0.05) is 0 Å². The van der Waals surface area contributed by atoms with Crippen molar-refractivity contribution in [2.24, 2.45) is 0 Å². The fourth-order valence-corrected chi connectivity index (χ4v) is 3.60. The molecule has 2 heterocycles. The number of amides is 1. The number of nitrogens with one attached hydrogen (secondary N) is 1. The summed E-state index contributed by atoms with van der Waals surface area (Å²) in [7, 11) is 2.10. The van der Waals surface area contributed by atoms with E-state index in [2.05, 4.69) is 22.2 Å². The van der Waals surface area contributed by atoms with Gasteiger partial charge in [0.1, 0.15) is 0 Å². The van der Waals surface area contributed by atoms with Crippen LogP contribution < -0.4 is 5.32 Å². The van der Waals surface area contributed by atoms with E-state index in [1.807, 2.05) is 25.1 Å². The van der Waals surface area contributed by atoms with Gasteiger partial charge in [-0.2, -0.15) is 0 Å². The summed E-state index contributed by atoms with van der Waals surface area (Å²) in [5.41, 5.74) is 1.70. The molecule has 4 nitrogen and oxygen atoms in total. The molecule has 3 rings (SSSR count). The van der Waals surface area contributed by atoms with Crippen LogP contribution >= 0.6 is 11.3 Å². The Kier molecular flexibility index (Phi) is 3.72. The predicted molar refractivity (Wildman–Crippen MR) is 82.3 cm³/mol. The Morgan fingerprint density at radius 2 is 2.35 bits per heavy atom. The van der Waals surface area contributed by atoms with Crippen LogP contribution in [-0.4, -0.2) is 42.0 Å². The van der Waals surface area contributed by atoms with Crippen molar-refractivity contribution in [1.82, 2.24) is 15.2 Å². The maximum Gasteiger partial charge on any atom is 0.251 e. The van der Waals surface area contributed by atoms with Crippen LogP contribution in [0, 0.1) is 6.92 Å². The number of aryl methyl sites for hydroxylation is 1. The lowest BCUT2D eigenvalue weighted by molar-refractivity contribution is 0.0912. The van der Waals surface area contributed by atoms with E-state index in [-0.39, 0.29) is 11.9 Å². The van der Waals surface area contributed by atoms with E-state index in [4.69, 9.17) is 0 Å². The summed E-state index contributed by atoms with van der Waals surface area (Å²) >= 11 is 1.63. The fourth-order valence-electron chi connectivity index (χ4n) is 2.73. The van der Waals surface area contributed by atoms with Gasteiger partial charge in [0.15, 0.2) is 0 Å². The molecule has 1 aromatic carbocycles. The summed E-state index contributed by atoms with van der Waals surface area (Å²) in [6.07, 6.45) is 2.21. The summed E-state index contributed by atoms with van der Waals surface area (Å²) in [5, 5.41) is 4.17. The van der Waals surface area contributed by atoms with Gasteiger partial charge in [-0.3, -0.25) is 4.79 Å². The van der Waals surface area contributed by atoms with Crippen molar-refractivity contribution in [3.05, 3.63) is 28.8 Å². The van der Waals surface area contributed by atoms with Crippen LogP contribution in [0.2, 0.25) is 0 Å².